The molecule has 2 heterocycles. The second-order valence-corrected chi connectivity index (χ2v) is 3.94. The summed E-state index contributed by atoms with van der Waals surface area (Å²) >= 11 is 0. The number of rotatable bonds is 4. The highest BCUT2D eigenvalue weighted by Gasteiger charge is 2.12. The summed E-state index contributed by atoms with van der Waals surface area (Å²) in [6.45, 7) is 1.67. The summed E-state index contributed by atoms with van der Waals surface area (Å²) in [4.78, 5) is 37.2. The monoisotopic (exact) mass is 260 g/mol. The molecule has 0 unspecified atom stereocenters. The Hall–Kier alpha value is -2.57. The summed E-state index contributed by atoms with van der Waals surface area (Å²) in [5, 5.41) is 8.64. The second kappa shape index (κ2) is 5.38. The van der Waals surface area contributed by atoms with Crippen LogP contribution in [0.15, 0.2) is 23.3 Å². The Kier molecular flexibility index (Phi) is 3.65. The Bertz CT molecular complexity index is 652. The van der Waals surface area contributed by atoms with E-state index in [0.717, 1.165) is 0 Å². The molecule has 0 amide bonds. The molecule has 19 heavy (non-hydrogen) atoms. The van der Waals surface area contributed by atoms with E-state index in [1.54, 1.807) is 25.4 Å². The van der Waals surface area contributed by atoms with Gasteiger partial charge in [-0.05, 0) is 19.4 Å². The van der Waals surface area contributed by atoms with Crippen molar-refractivity contribution in [3.8, 4) is 11.6 Å². The van der Waals surface area contributed by atoms with E-state index in [0.29, 0.717) is 17.1 Å². The van der Waals surface area contributed by atoms with Gasteiger partial charge in [0.1, 0.15) is 0 Å². The van der Waals surface area contributed by atoms with Gasteiger partial charge in [-0.15, -0.1) is 0 Å². The van der Waals surface area contributed by atoms with E-state index in [4.69, 9.17) is 5.11 Å². The summed E-state index contributed by atoms with van der Waals surface area (Å²) in [7, 11) is 0. The van der Waals surface area contributed by atoms with Crippen LogP contribution >= 0.6 is 0 Å². The van der Waals surface area contributed by atoms with E-state index in [1.165, 1.54) is 0 Å². The Morgan fingerprint density at radius 2 is 2.05 bits per heavy atom. The van der Waals surface area contributed by atoms with Crippen molar-refractivity contribution in [2.24, 2.45) is 0 Å². The molecule has 0 aliphatic rings. The number of aliphatic carboxylic acids is 1. The van der Waals surface area contributed by atoms with Gasteiger partial charge in [0.25, 0.3) is 5.56 Å². The number of nitrogens with zero attached hydrogens (tertiary/aromatic N) is 3. The van der Waals surface area contributed by atoms with Crippen LogP contribution in [0, 0.1) is 6.92 Å². The minimum Gasteiger partial charge on any atom is -0.481 e. The Labute approximate surface area is 108 Å². The zero-order valence-electron chi connectivity index (χ0n) is 10.3. The minimum absolute atomic E-state index is 0.104. The standard InChI is InChI=1S/C12H12N4O3/c1-7-8(3-4-9(17)18)12(19)16-11(15-7)10-13-5-2-6-14-10/h2,5-6H,3-4H2,1H3,(H,17,18)(H,15,16,19). The highest BCUT2D eigenvalue weighted by molar-refractivity contribution is 5.67. The number of aryl methyl sites for hydroxylation is 1. The van der Waals surface area contributed by atoms with Gasteiger partial charge in [0.15, 0.2) is 11.6 Å². The first kappa shape index (κ1) is 12.9. The molecular formula is C12H12N4O3. The first-order chi connectivity index (χ1) is 9.08. The lowest BCUT2D eigenvalue weighted by atomic mass is 10.1. The maximum atomic E-state index is 11.9. The Morgan fingerprint density at radius 3 is 2.63 bits per heavy atom. The molecule has 0 aromatic carbocycles. The smallest absolute Gasteiger partial charge is 0.303 e. The molecule has 0 bridgehead atoms. The van der Waals surface area contributed by atoms with Gasteiger partial charge < -0.3 is 10.1 Å². The van der Waals surface area contributed by atoms with E-state index in [-0.39, 0.29) is 24.2 Å². The maximum absolute atomic E-state index is 11.9. The molecule has 98 valence electrons. The van der Waals surface area contributed by atoms with Crippen molar-refractivity contribution in [3.05, 3.63) is 40.1 Å². The molecule has 0 radical (unpaired) electrons. The molecule has 0 saturated carbocycles. The van der Waals surface area contributed by atoms with Gasteiger partial charge in [-0.1, -0.05) is 0 Å². The summed E-state index contributed by atoms with van der Waals surface area (Å²) in [5.41, 5.74) is 0.519. The molecule has 2 aromatic heterocycles. The van der Waals surface area contributed by atoms with E-state index in [9.17, 15) is 9.59 Å². The van der Waals surface area contributed by atoms with E-state index >= 15 is 0 Å². The van der Waals surface area contributed by atoms with Crippen LogP contribution in [0.1, 0.15) is 17.7 Å². The van der Waals surface area contributed by atoms with Crippen molar-refractivity contribution in [3.63, 3.8) is 0 Å². The molecule has 2 aromatic rings. The van der Waals surface area contributed by atoms with Crippen LogP contribution in [-0.4, -0.2) is 31.0 Å². The summed E-state index contributed by atoms with van der Waals surface area (Å²) in [5.74, 6) is -0.344. The van der Waals surface area contributed by atoms with Gasteiger partial charge in [0.2, 0.25) is 0 Å². The Morgan fingerprint density at radius 1 is 1.37 bits per heavy atom. The van der Waals surface area contributed by atoms with Crippen LogP contribution in [0.5, 0.6) is 0 Å². The van der Waals surface area contributed by atoms with E-state index in [2.05, 4.69) is 19.9 Å². The molecular weight excluding hydrogens is 248 g/mol. The first-order valence-electron chi connectivity index (χ1n) is 5.67. The highest BCUT2D eigenvalue weighted by Crippen LogP contribution is 2.09. The normalized spacial score (nSPS) is 10.4. The Balaban J connectivity index is 2.37. The maximum Gasteiger partial charge on any atom is 0.303 e. The fourth-order valence-corrected chi connectivity index (χ4v) is 1.66. The van der Waals surface area contributed by atoms with Crippen molar-refractivity contribution < 1.29 is 9.90 Å². The van der Waals surface area contributed by atoms with Gasteiger partial charge in [0.05, 0.1) is 0 Å². The average molecular weight is 260 g/mol. The van der Waals surface area contributed by atoms with Crippen LogP contribution in [-0.2, 0) is 11.2 Å². The molecule has 2 N–H and O–H groups in total. The third kappa shape index (κ3) is 3.01. The van der Waals surface area contributed by atoms with E-state index < -0.39 is 5.97 Å². The quantitative estimate of drug-likeness (QED) is 0.831. The lowest BCUT2D eigenvalue weighted by molar-refractivity contribution is -0.136. The van der Waals surface area contributed by atoms with Gasteiger partial charge in [-0.25, -0.2) is 15.0 Å². The zero-order valence-corrected chi connectivity index (χ0v) is 10.3. The molecule has 0 aliphatic carbocycles. The van der Waals surface area contributed by atoms with Crippen molar-refractivity contribution in [2.45, 2.75) is 19.8 Å². The molecule has 0 spiro atoms. The second-order valence-electron chi connectivity index (χ2n) is 3.94. The number of H-pyrrole nitrogens is 1. The topological polar surface area (TPSA) is 109 Å². The molecule has 2 rings (SSSR count). The largest absolute Gasteiger partial charge is 0.481 e. The van der Waals surface area contributed by atoms with Crippen LogP contribution in [0.4, 0.5) is 0 Å². The van der Waals surface area contributed by atoms with Crippen LogP contribution in [0.25, 0.3) is 11.6 Å². The van der Waals surface area contributed by atoms with Crippen LogP contribution in [0.2, 0.25) is 0 Å². The first-order valence-corrected chi connectivity index (χ1v) is 5.67. The van der Waals surface area contributed by atoms with Crippen LogP contribution < -0.4 is 5.56 Å². The average Bonchev–Trinajstić information content (AvgIpc) is 2.38. The zero-order chi connectivity index (χ0) is 13.8. The fraction of sp³-hybridized carbons (Fsp3) is 0.250. The lowest BCUT2D eigenvalue weighted by Crippen LogP contribution is -2.19. The van der Waals surface area contributed by atoms with Crippen molar-refractivity contribution in [1.82, 2.24) is 19.9 Å². The van der Waals surface area contributed by atoms with Crippen molar-refractivity contribution in [2.75, 3.05) is 0 Å². The summed E-state index contributed by atoms with van der Waals surface area (Å²) in [6.07, 6.45) is 3.15. The van der Waals surface area contributed by atoms with Crippen LogP contribution in [0.3, 0.4) is 0 Å². The third-order valence-electron chi connectivity index (χ3n) is 2.59. The lowest BCUT2D eigenvalue weighted by Gasteiger charge is -2.05. The molecule has 0 atom stereocenters. The number of carboxylic acid groups (broad SMARTS) is 1. The van der Waals surface area contributed by atoms with Gasteiger partial charge in [-0.3, -0.25) is 9.59 Å². The number of carbonyl (C=O) groups is 1. The number of hydrogen-bond donors (Lipinski definition) is 2. The molecule has 0 fully saturated rings. The predicted molar refractivity (Wildman–Crippen MR) is 66.6 cm³/mol. The van der Waals surface area contributed by atoms with Gasteiger partial charge in [0, 0.05) is 30.1 Å². The summed E-state index contributed by atoms with van der Waals surface area (Å²) < 4.78 is 0. The molecule has 0 saturated heterocycles. The van der Waals surface area contributed by atoms with E-state index in [1.807, 2.05) is 0 Å². The van der Waals surface area contributed by atoms with Gasteiger partial charge in [-0.2, -0.15) is 0 Å². The molecule has 0 aliphatic heterocycles. The number of aromatic amines is 1. The van der Waals surface area contributed by atoms with Gasteiger partial charge >= 0.3 is 5.97 Å². The predicted octanol–water partition coefficient (Wildman–Crippen LogP) is 0.553. The minimum atomic E-state index is -0.950. The number of hydrogen-bond acceptors (Lipinski definition) is 5. The number of carboxylic acids is 1. The number of aromatic nitrogens is 4. The third-order valence-corrected chi connectivity index (χ3v) is 2.59. The molecule has 7 nitrogen and oxygen atoms in total. The van der Waals surface area contributed by atoms with Crippen molar-refractivity contribution in [1.29, 1.82) is 0 Å². The van der Waals surface area contributed by atoms with Crippen molar-refractivity contribution >= 4 is 5.97 Å². The summed E-state index contributed by atoms with van der Waals surface area (Å²) in [6, 6.07) is 1.66. The highest BCUT2D eigenvalue weighted by atomic mass is 16.4. The molecule has 7 heteroatoms. The number of nitrogens with one attached hydrogen (secondary N) is 1. The SMILES string of the molecule is Cc1nc(-c2ncccn2)[nH]c(=O)c1CCC(=O)O. The fourth-order valence-electron chi connectivity index (χ4n) is 1.66.